The van der Waals surface area contributed by atoms with Gasteiger partial charge in [-0.05, 0) is 12.1 Å². The Kier molecular flexibility index (Phi) is 5.26. The molecule has 1 aromatic heterocycles. The van der Waals surface area contributed by atoms with Gasteiger partial charge in [-0.2, -0.15) is 4.31 Å². The van der Waals surface area contributed by atoms with Crippen molar-refractivity contribution in [2.45, 2.75) is 4.90 Å². The first-order valence-corrected chi connectivity index (χ1v) is 6.78. The van der Waals surface area contributed by atoms with E-state index in [0.29, 0.717) is 6.61 Å². The summed E-state index contributed by atoms with van der Waals surface area (Å²) in [6.07, 6.45) is 2.77. The molecular weight excluding hydrogens is 254 g/mol. The van der Waals surface area contributed by atoms with Gasteiger partial charge in [0.15, 0.2) is 0 Å². The van der Waals surface area contributed by atoms with Crippen LogP contribution in [0.15, 0.2) is 35.9 Å². The quantitative estimate of drug-likeness (QED) is 0.729. The summed E-state index contributed by atoms with van der Waals surface area (Å²) in [6, 6.07) is 2.88. The van der Waals surface area contributed by atoms with Gasteiger partial charge in [0.1, 0.15) is 10.7 Å². The summed E-state index contributed by atoms with van der Waals surface area (Å²) in [5, 5.41) is 0. The van der Waals surface area contributed by atoms with Crippen LogP contribution in [0.5, 0.6) is 0 Å². The van der Waals surface area contributed by atoms with Crippen molar-refractivity contribution in [2.24, 2.45) is 0 Å². The number of anilines is 1. The van der Waals surface area contributed by atoms with Gasteiger partial charge < -0.3 is 10.5 Å². The number of methoxy groups -OCH3 is 1. The van der Waals surface area contributed by atoms with E-state index in [1.165, 1.54) is 35.8 Å². The summed E-state index contributed by atoms with van der Waals surface area (Å²) in [5.74, 6) is 0.279. The SMILES string of the molecule is C=CCN(CCOC)S(=O)(=O)c1ccc(N)nc1. The van der Waals surface area contributed by atoms with Crippen molar-refractivity contribution >= 4 is 15.8 Å². The molecule has 0 aliphatic carbocycles. The normalized spacial score (nSPS) is 11.7. The second-order valence-corrected chi connectivity index (χ2v) is 5.50. The van der Waals surface area contributed by atoms with E-state index in [4.69, 9.17) is 10.5 Å². The number of aromatic nitrogens is 1. The fourth-order valence-electron chi connectivity index (χ4n) is 1.34. The molecule has 0 unspecified atom stereocenters. The largest absolute Gasteiger partial charge is 0.384 e. The zero-order valence-corrected chi connectivity index (χ0v) is 11.1. The third kappa shape index (κ3) is 3.52. The summed E-state index contributed by atoms with van der Waals surface area (Å²) in [4.78, 5) is 3.89. The van der Waals surface area contributed by atoms with E-state index in [1.54, 1.807) is 0 Å². The van der Waals surface area contributed by atoms with Crippen molar-refractivity contribution in [2.75, 3.05) is 32.5 Å². The molecule has 0 fully saturated rings. The third-order valence-corrected chi connectivity index (χ3v) is 4.12. The fourth-order valence-corrected chi connectivity index (χ4v) is 2.68. The number of pyridine rings is 1. The Morgan fingerprint density at radius 2 is 2.28 bits per heavy atom. The van der Waals surface area contributed by atoms with E-state index < -0.39 is 10.0 Å². The summed E-state index contributed by atoms with van der Waals surface area (Å²) < 4.78 is 30.7. The van der Waals surface area contributed by atoms with Crippen LogP contribution in [0.25, 0.3) is 0 Å². The number of nitrogen functional groups attached to an aromatic ring is 1. The predicted octanol–water partition coefficient (Wildman–Crippen LogP) is 0.487. The Balaban J connectivity index is 3.00. The summed E-state index contributed by atoms with van der Waals surface area (Å²) in [7, 11) is -2.07. The van der Waals surface area contributed by atoms with Crippen molar-refractivity contribution in [3.8, 4) is 0 Å². The van der Waals surface area contributed by atoms with Gasteiger partial charge in [-0.1, -0.05) is 6.08 Å². The van der Waals surface area contributed by atoms with Gasteiger partial charge in [-0.15, -0.1) is 6.58 Å². The molecule has 100 valence electrons. The first-order valence-electron chi connectivity index (χ1n) is 5.34. The molecule has 0 spiro atoms. The molecule has 0 saturated heterocycles. The Morgan fingerprint density at radius 1 is 1.56 bits per heavy atom. The van der Waals surface area contributed by atoms with Crippen molar-refractivity contribution < 1.29 is 13.2 Å². The highest BCUT2D eigenvalue weighted by Crippen LogP contribution is 2.15. The molecule has 1 rings (SSSR count). The van der Waals surface area contributed by atoms with Gasteiger partial charge in [0.2, 0.25) is 10.0 Å². The van der Waals surface area contributed by atoms with Crippen LogP contribution >= 0.6 is 0 Å². The van der Waals surface area contributed by atoms with E-state index in [1.807, 2.05) is 0 Å². The zero-order valence-electron chi connectivity index (χ0n) is 10.2. The lowest BCUT2D eigenvalue weighted by Crippen LogP contribution is -2.34. The minimum Gasteiger partial charge on any atom is -0.384 e. The predicted molar refractivity (Wildman–Crippen MR) is 69.5 cm³/mol. The Morgan fingerprint density at radius 3 is 2.78 bits per heavy atom. The van der Waals surface area contributed by atoms with Crippen LogP contribution in [-0.2, 0) is 14.8 Å². The molecule has 0 aromatic carbocycles. The van der Waals surface area contributed by atoms with Gasteiger partial charge in [0, 0.05) is 26.4 Å². The minimum atomic E-state index is -3.59. The van der Waals surface area contributed by atoms with Crippen molar-refractivity contribution in [1.29, 1.82) is 0 Å². The van der Waals surface area contributed by atoms with Crippen LogP contribution in [0.1, 0.15) is 0 Å². The Labute approximate surface area is 107 Å². The molecule has 0 aliphatic rings. The lowest BCUT2D eigenvalue weighted by atomic mass is 10.5. The summed E-state index contributed by atoms with van der Waals surface area (Å²) in [5.41, 5.74) is 5.43. The number of nitrogens with two attached hydrogens (primary N) is 1. The van der Waals surface area contributed by atoms with E-state index in [9.17, 15) is 8.42 Å². The number of hydrogen-bond acceptors (Lipinski definition) is 5. The van der Waals surface area contributed by atoms with Gasteiger partial charge in [0.25, 0.3) is 0 Å². The lowest BCUT2D eigenvalue weighted by Gasteiger charge is -2.20. The molecule has 0 radical (unpaired) electrons. The molecule has 1 aromatic rings. The highest BCUT2D eigenvalue weighted by molar-refractivity contribution is 7.89. The van der Waals surface area contributed by atoms with Crippen molar-refractivity contribution in [3.63, 3.8) is 0 Å². The Hall–Kier alpha value is -1.44. The second-order valence-electron chi connectivity index (χ2n) is 3.56. The second kappa shape index (κ2) is 6.48. The van der Waals surface area contributed by atoms with Crippen LogP contribution in [0.2, 0.25) is 0 Å². The molecule has 0 saturated carbocycles. The van der Waals surface area contributed by atoms with Crippen molar-refractivity contribution in [3.05, 3.63) is 31.0 Å². The molecule has 6 nitrogen and oxygen atoms in total. The standard InChI is InChI=1S/C11H17N3O3S/c1-3-6-14(7-8-17-2)18(15,16)10-4-5-11(12)13-9-10/h3-5,9H,1,6-8H2,2H3,(H2,12,13). The molecule has 0 bridgehead atoms. The summed E-state index contributed by atoms with van der Waals surface area (Å²) in [6.45, 7) is 4.34. The molecule has 7 heteroatoms. The highest BCUT2D eigenvalue weighted by Gasteiger charge is 2.23. The molecule has 0 atom stereocenters. The van der Waals surface area contributed by atoms with Crippen LogP contribution in [0.4, 0.5) is 5.82 Å². The zero-order chi connectivity index (χ0) is 13.6. The van der Waals surface area contributed by atoms with Gasteiger partial charge in [-0.25, -0.2) is 13.4 Å². The van der Waals surface area contributed by atoms with Crippen LogP contribution in [0.3, 0.4) is 0 Å². The molecule has 0 amide bonds. The Bertz CT molecular complexity index is 485. The molecule has 1 heterocycles. The average molecular weight is 271 g/mol. The van der Waals surface area contributed by atoms with Gasteiger partial charge >= 0.3 is 0 Å². The van der Waals surface area contributed by atoms with Gasteiger partial charge in [0.05, 0.1) is 6.61 Å². The van der Waals surface area contributed by atoms with Crippen LogP contribution < -0.4 is 5.73 Å². The minimum absolute atomic E-state index is 0.106. The molecular formula is C11H17N3O3S. The lowest BCUT2D eigenvalue weighted by molar-refractivity contribution is 0.182. The van der Waals surface area contributed by atoms with E-state index in [0.717, 1.165) is 0 Å². The number of hydrogen-bond donors (Lipinski definition) is 1. The third-order valence-electron chi connectivity index (χ3n) is 2.27. The average Bonchev–Trinajstić information content (AvgIpc) is 2.35. The first-order chi connectivity index (χ1) is 8.52. The topological polar surface area (TPSA) is 85.5 Å². The number of sulfonamides is 1. The smallest absolute Gasteiger partial charge is 0.244 e. The first kappa shape index (κ1) is 14.6. The van der Waals surface area contributed by atoms with Crippen LogP contribution in [-0.4, -0.2) is 44.5 Å². The number of rotatable bonds is 7. The fraction of sp³-hybridized carbons (Fsp3) is 0.364. The van der Waals surface area contributed by atoms with Gasteiger partial charge in [-0.3, -0.25) is 0 Å². The maximum atomic E-state index is 12.3. The number of nitrogens with zero attached hydrogens (tertiary/aromatic N) is 2. The summed E-state index contributed by atoms with van der Waals surface area (Å²) >= 11 is 0. The maximum absolute atomic E-state index is 12.3. The molecule has 0 aliphatic heterocycles. The highest BCUT2D eigenvalue weighted by atomic mass is 32.2. The maximum Gasteiger partial charge on any atom is 0.244 e. The monoisotopic (exact) mass is 271 g/mol. The van der Waals surface area contributed by atoms with E-state index in [2.05, 4.69) is 11.6 Å². The molecule has 2 N–H and O–H groups in total. The van der Waals surface area contributed by atoms with Crippen molar-refractivity contribution in [1.82, 2.24) is 9.29 Å². The van der Waals surface area contributed by atoms with Crippen LogP contribution in [0, 0.1) is 0 Å². The van der Waals surface area contributed by atoms with E-state index in [-0.39, 0.29) is 23.8 Å². The number of ether oxygens (including phenoxy) is 1. The molecule has 18 heavy (non-hydrogen) atoms. The van der Waals surface area contributed by atoms with E-state index >= 15 is 0 Å².